The van der Waals surface area contributed by atoms with E-state index < -0.39 is 10.2 Å². The van der Waals surface area contributed by atoms with Gasteiger partial charge in [0, 0.05) is 44.6 Å². The zero-order valence-corrected chi connectivity index (χ0v) is 16.5. The van der Waals surface area contributed by atoms with Gasteiger partial charge in [-0.15, -0.1) is 0 Å². The van der Waals surface area contributed by atoms with Gasteiger partial charge in [-0.3, -0.25) is 10.1 Å². The Balaban J connectivity index is 1.76. The third-order valence-electron chi connectivity index (χ3n) is 4.84. The van der Waals surface area contributed by atoms with Gasteiger partial charge in [-0.25, -0.2) is 4.98 Å². The van der Waals surface area contributed by atoms with Gasteiger partial charge in [-0.2, -0.15) is 22.1 Å². The molecule has 8 nitrogen and oxygen atoms in total. The number of aromatic amines is 1. The van der Waals surface area contributed by atoms with Gasteiger partial charge in [0.15, 0.2) is 0 Å². The van der Waals surface area contributed by atoms with Crippen LogP contribution < -0.4 is 0 Å². The van der Waals surface area contributed by atoms with Crippen LogP contribution >= 0.6 is 0 Å². The molecule has 1 atom stereocenters. The van der Waals surface area contributed by atoms with Gasteiger partial charge < -0.3 is 0 Å². The van der Waals surface area contributed by atoms with E-state index in [9.17, 15) is 8.42 Å². The van der Waals surface area contributed by atoms with Crippen LogP contribution in [0.3, 0.4) is 0 Å². The molecule has 1 saturated heterocycles. The first-order valence-electron chi connectivity index (χ1n) is 8.79. The largest absolute Gasteiger partial charge is 0.282 e. The number of H-pyrrole nitrogens is 1. The van der Waals surface area contributed by atoms with Gasteiger partial charge in [0.1, 0.15) is 0 Å². The Bertz CT molecular complexity index is 858. The number of hydrogen-bond donors (Lipinski definition) is 1. The van der Waals surface area contributed by atoms with E-state index >= 15 is 0 Å². The van der Waals surface area contributed by atoms with Gasteiger partial charge in [0.25, 0.3) is 10.2 Å². The molecule has 1 fully saturated rings. The molecule has 1 aliphatic rings. The molecule has 1 aliphatic heterocycles. The van der Waals surface area contributed by atoms with Crippen LogP contribution in [0, 0.1) is 19.8 Å². The summed E-state index contributed by atoms with van der Waals surface area (Å²) in [7, 11) is -0.216. The Morgan fingerprint density at radius 2 is 2.08 bits per heavy atom. The second kappa shape index (κ2) is 7.42. The third-order valence-corrected chi connectivity index (χ3v) is 6.74. The molecule has 0 aromatic carbocycles. The monoisotopic (exact) mass is 378 g/mol. The molecular formula is C17H26N6O2S. The molecule has 0 amide bonds. The van der Waals surface area contributed by atoms with Crippen LogP contribution in [0.15, 0.2) is 12.4 Å². The van der Waals surface area contributed by atoms with E-state index in [0.29, 0.717) is 13.1 Å². The number of aromatic nitrogens is 4. The Hall–Kier alpha value is -1.84. The summed E-state index contributed by atoms with van der Waals surface area (Å²) in [6, 6.07) is 0. The second-order valence-electron chi connectivity index (χ2n) is 7.07. The molecule has 3 heterocycles. The van der Waals surface area contributed by atoms with Gasteiger partial charge in [-0.05, 0) is 39.0 Å². The maximum absolute atomic E-state index is 12.4. The fraction of sp³-hybridized carbons (Fsp3) is 0.588. The minimum absolute atomic E-state index is 0.245. The summed E-state index contributed by atoms with van der Waals surface area (Å²) in [6.45, 7) is 5.01. The van der Waals surface area contributed by atoms with Crippen LogP contribution in [0.4, 0.5) is 0 Å². The summed E-state index contributed by atoms with van der Waals surface area (Å²) < 4.78 is 27.6. The van der Waals surface area contributed by atoms with E-state index in [1.165, 1.54) is 4.31 Å². The first-order valence-corrected chi connectivity index (χ1v) is 10.2. The molecule has 0 radical (unpaired) electrons. The van der Waals surface area contributed by atoms with Gasteiger partial charge in [-0.1, -0.05) is 0 Å². The smallest absolute Gasteiger partial charge is 0.281 e. The molecule has 2 aromatic heterocycles. The van der Waals surface area contributed by atoms with Crippen LogP contribution in [0.5, 0.6) is 0 Å². The average molecular weight is 379 g/mol. The SMILES string of the molecule is Cc1n[nH]c(C)c1-c1cncc(CC2CCCN(S(=O)(=O)N(C)C)C2)n1. The van der Waals surface area contributed by atoms with Gasteiger partial charge >= 0.3 is 0 Å². The second-order valence-corrected chi connectivity index (χ2v) is 9.21. The Kier molecular flexibility index (Phi) is 5.40. The summed E-state index contributed by atoms with van der Waals surface area (Å²) in [5.41, 5.74) is 4.54. The number of nitrogens with zero attached hydrogens (tertiary/aromatic N) is 5. The maximum Gasteiger partial charge on any atom is 0.281 e. The first kappa shape index (κ1) is 18.9. The lowest BCUT2D eigenvalue weighted by atomic mass is 9.95. The standard InChI is InChI=1S/C17H26N6O2S/c1-12-17(13(2)21-20-12)16-10-18-9-15(19-16)8-14-6-5-7-23(11-14)26(24,25)22(3)4/h9-10,14H,5-8,11H2,1-4H3,(H,20,21). The number of hydrogen-bond acceptors (Lipinski definition) is 5. The van der Waals surface area contributed by atoms with Crippen molar-refractivity contribution in [1.82, 2.24) is 28.8 Å². The number of nitrogens with one attached hydrogen (secondary N) is 1. The van der Waals surface area contributed by atoms with Crippen LogP contribution in [0.2, 0.25) is 0 Å². The predicted molar refractivity (Wildman–Crippen MR) is 99.7 cm³/mol. The minimum Gasteiger partial charge on any atom is -0.282 e. The van der Waals surface area contributed by atoms with Crippen molar-refractivity contribution in [3.8, 4) is 11.3 Å². The van der Waals surface area contributed by atoms with Crippen molar-refractivity contribution >= 4 is 10.2 Å². The highest BCUT2D eigenvalue weighted by Crippen LogP contribution is 2.25. The lowest BCUT2D eigenvalue weighted by Crippen LogP contribution is -2.45. The van der Waals surface area contributed by atoms with Crippen molar-refractivity contribution in [2.75, 3.05) is 27.2 Å². The van der Waals surface area contributed by atoms with Crippen LogP contribution in [0.1, 0.15) is 29.9 Å². The highest BCUT2D eigenvalue weighted by Gasteiger charge is 2.30. The highest BCUT2D eigenvalue weighted by molar-refractivity contribution is 7.86. The van der Waals surface area contributed by atoms with Crippen molar-refractivity contribution in [1.29, 1.82) is 0 Å². The molecule has 0 saturated carbocycles. The molecule has 0 bridgehead atoms. The minimum atomic E-state index is -3.36. The molecule has 26 heavy (non-hydrogen) atoms. The lowest BCUT2D eigenvalue weighted by molar-refractivity contribution is 0.253. The van der Waals surface area contributed by atoms with E-state index in [2.05, 4.69) is 15.2 Å². The Morgan fingerprint density at radius 1 is 1.31 bits per heavy atom. The van der Waals surface area contributed by atoms with Gasteiger partial charge in [0.05, 0.1) is 23.3 Å². The number of piperidine rings is 1. The van der Waals surface area contributed by atoms with E-state index in [4.69, 9.17) is 4.98 Å². The lowest BCUT2D eigenvalue weighted by Gasteiger charge is -2.33. The topological polar surface area (TPSA) is 95.1 Å². The molecule has 0 aliphatic carbocycles. The molecular weight excluding hydrogens is 352 g/mol. The fourth-order valence-electron chi connectivity index (χ4n) is 3.48. The Morgan fingerprint density at radius 3 is 2.73 bits per heavy atom. The highest BCUT2D eigenvalue weighted by atomic mass is 32.2. The molecule has 3 rings (SSSR count). The molecule has 2 aromatic rings. The molecule has 0 spiro atoms. The quantitative estimate of drug-likeness (QED) is 0.852. The van der Waals surface area contributed by atoms with Crippen molar-refractivity contribution < 1.29 is 8.42 Å². The average Bonchev–Trinajstić information content (AvgIpc) is 2.94. The predicted octanol–water partition coefficient (Wildman–Crippen LogP) is 1.54. The van der Waals surface area contributed by atoms with E-state index in [1.54, 1.807) is 30.8 Å². The summed E-state index contributed by atoms with van der Waals surface area (Å²) >= 11 is 0. The molecule has 142 valence electrons. The number of aryl methyl sites for hydroxylation is 2. The number of rotatable bonds is 5. The summed E-state index contributed by atoms with van der Waals surface area (Å²) in [6.07, 6.45) is 6.10. The summed E-state index contributed by atoms with van der Waals surface area (Å²) in [4.78, 5) is 9.09. The zero-order valence-electron chi connectivity index (χ0n) is 15.7. The fourth-order valence-corrected chi connectivity index (χ4v) is 4.70. The molecule has 9 heteroatoms. The molecule has 1 unspecified atom stereocenters. The van der Waals surface area contributed by atoms with E-state index in [-0.39, 0.29) is 5.92 Å². The van der Waals surface area contributed by atoms with Crippen LogP contribution in [0.25, 0.3) is 11.3 Å². The van der Waals surface area contributed by atoms with Gasteiger partial charge in [0.2, 0.25) is 0 Å². The van der Waals surface area contributed by atoms with Crippen molar-refractivity contribution in [2.24, 2.45) is 5.92 Å². The normalized spacial score (nSPS) is 19.2. The van der Waals surface area contributed by atoms with Crippen molar-refractivity contribution in [3.63, 3.8) is 0 Å². The summed E-state index contributed by atoms with van der Waals surface area (Å²) in [5, 5.41) is 7.19. The van der Waals surface area contributed by atoms with Crippen molar-refractivity contribution in [3.05, 3.63) is 29.5 Å². The van der Waals surface area contributed by atoms with E-state index in [1.807, 2.05) is 13.8 Å². The Labute approximate surface area is 154 Å². The first-order chi connectivity index (χ1) is 12.3. The zero-order chi connectivity index (χ0) is 18.9. The van der Waals surface area contributed by atoms with Crippen LogP contribution in [-0.2, 0) is 16.6 Å². The third kappa shape index (κ3) is 3.79. The van der Waals surface area contributed by atoms with Crippen molar-refractivity contribution in [2.45, 2.75) is 33.1 Å². The maximum atomic E-state index is 12.4. The van der Waals surface area contributed by atoms with E-state index in [0.717, 1.165) is 47.6 Å². The summed E-state index contributed by atoms with van der Waals surface area (Å²) in [5.74, 6) is 0.245. The molecule has 1 N–H and O–H groups in total. The van der Waals surface area contributed by atoms with Crippen LogP contribution in [-0.4, -0.2) is 64.4 Å².